The summed E-state index contributed by atoms with van der Waals surface area (Å²) in [6.07, 6.45) is 3.33. The fourth-order valence-electron chi connectivity index (χ4n) is 3.93. The fraction of sp³-hybridized carbons (Fsp3) is 0.409. The van der Waals surface area contributed by atoms with E-state index in [9.17, 15) is 14.9 Å². The van der Waals surface area contributed by atoms with Crippen molar-refractivity contribution in [1.82, 2.24) is 14.8 Å². The molecule has 0 saturated heterocycles. The number of rotatable bonds is 7. The quantitative estimate of drug-likeness (QED) is 0.240. The molecule has 4 rings (SSSR count). The Bertz CT molecular complexity index is 1210. The van der Waals surface area contributed by atoms with Crippen LogP contribution in [0.4, 0.5) is 11.4 Å². The molecule has 2 heterocycles. The second-order valence-corrected chi connectivity index (χ2v) is 10.7. The normalized spacial score (nSPS) is 15.5. The molecule has 1 aromatic carbocycles. The number of hydrogen-bond donors (Lipinski definition) is 1. The SMILES string of the molecule is CC1CCc2c(-c3nnc(SCC(=O)Nc4cc([N+](=O)[O-])ccc4Cl)n3C(C)C)csc2C1. The average molecular weight is 506 g/mol. The Hall–Kier alpha value is -2.43. The number of thioether (sulfide) groups is 1. The number of thiophene rings is 1. The van der Waals surface area contributed by atoms with E-state index in [4.69, 9.17) is 11.6 Å². The highest BCUT2D eigenvalue weighted by molar-refractivity contribution is 7.99. The molecule has 0 radical (unpaired) electrons. The van der Waals surface area contributed by atoms with Gasteiger partial charge in [-0.3, -0.25) is 19.5 Å². The number of halogens is 1. The zero-order valence-electron chi connectivity index (χ0n) is 18.5. The summed E-state index contributed by atoms with van der Waals surface area (Å²) >= 11 is 9.16. The van der Waals surface area contributed by atoms with E-state index in [1.165, 1.54) is 46.8 Å². The van der Waals surface area contributed by atoms with Crippen LogP contribution in [-0.4, -0.2) is 31.3 Å². The van der Waals surface area contributed by atoms with Crippen molar-refractivity contribution in [2.75, 3.05) is 11.1 Å². The molecule has 8 nitrogen and oxygen atoms in total. The highest BCUT2D eigenvalue weighted by Gasteiger charge is 2.25. The first-order chi connectivity index (χ1) is 15.7. The zero-order valence-corrected chi connectivity index (χ0v) is 20.9. The lowest BCUT2D eigenvalue weighted by Gasteiger charge is -2.19. The number of amides is 1. The number of carbonyl (C=O) groups excluding carboxylic acids is 1. The maximum Gasteiger partial charge on any atom is 0.271 e. The first-order valence-electron chi connectivity index (χ1n) is 10.7. The van der Waals surface area contributed by atoms with Gasteiger partial charge in [-0.05, 0) is 50.7 Å². The number of non-ortho nitro benzene ring substituents is 1. The highest BCUT2D eigenvalue weighted by atomic mass is 35.5. The van der Waals surface area contributed by atoms with Crippen molar-refractivity contribution < 1.29 is 9.72 Å². The Labute approximate surface area is 204 Å². The van der Waals surface area contributed by atoms with Crippen molar-refractivity contribution in [1.29, 1.82) is 0 Å². The van der Waals surface area contributed by atoms with Crippen molar-refractivity contribution in [2.45, 2.75) is 51.2 Å². The smallest absolute Gasteiger partial charge is 0.271 e. The Morgan fingerprint density at radius 1 is 1.42 bits per heavy atom. The van der Waals surface area contributed by atoms with E-state index in [2.05, 4.69) is 46.2 Å². The molecule has 1 unspecified atom stereocenters. The van der Waals surface area contributed by atoms with E-state index in [0.717, 1.165) is 24.2 Å². The summed E-state index contributed by atoms with van der Waals surface area (Å²) in [4.78, 5) is 24.4. The predicted octanol–water partition coefficient (Wildman–Crippen LogP) is 6.00. The number of aromatic nitrogens is 3. The van der Waals surface area contributed by atoms with Crippen LogP contribution in [0.5, 0.6) is 0 Å². The number of nitro benzene ring substituents is 1. The minimum absolute atomic E-state index is 0.0726. The van der Waals surface area contributed by atoms with Gasteiger partial charge in [-0.2, -0.15) is 0 Å². The number of nitrogens with zero attached hydrogens (tertiary/aromatic N) is 4. The molecular formula is C22H24ClN5O3S2. The van der Waals surface area contributed by atoms with Crippen molar-refractivity contribution in [3.63, 3.8) is 0 Å². The predicted molar refractivity (Wildman–Crippen MR) is 132 cm³/mol. The van der Waals surface area contributed by atoms with Gasteiger partial charge in [0.1, 0.15) is 0 Å². The second kappa shape index (κ2) is 9.82. The molecule has 0 saturated carbocycles. The molecule has 1 amide bonds. The van der Waals surface area contributed by atoms with Gasteiger partial charge >= 0.3 is 0 Å². The zero-order chi connectivity index (χ0) is 23.7. The van der Waals surface area contributed by atoms with Gasteiger partial charge < -0.3 is 5.32 Å². The number of hydrogen-bond acceptors (Lipinski definition) is 7. The lowest BCUT2D eigenvalue weighted by molar-refractivity contribution is -0.384. The molecule has 1 atom stereocenters. The van der Waals surface area contributed by atoms with Crippen LogP contribution in [0.1, 0.15) is 43.7 Å². The van der Waals surface area contributed by atoms with Crippen LogP contribution in [0.15, 0.2) is 28.7 Å². The Kier molecular flexibility index (Phi) is 7.06. The van der Waals surface area contributed by atoms with E-state index < -0.39 is 4.92 Å². The van der Waals surface area contributed by atoms with Gasteiger partial charge in [0.15, 0.2) is 11.0 Å². The van der Waals surface area contributed by atoms with Gasteiger partial charge in [0.05, 0.1) is 21.4 Å². The highest BCUT2D eigenvalue weighted by Crippen LogP contribution is 2.39. The molecule has 174 valence electrons. The van der Waals surface area contributed by atoms with Gasteiger partial charge in [-0.15, -0.1) is 21.5 Å². The third-order valence-corrected chi connectivity index (χ3v) is 7.91. The summed E-state index contributed by atoms with van der Waals surface area (Å²) < 4.78 is 2.07. The number of fused-ring (bicyclic) bond motifs is 1. The maximum absolute atomic E-state index is 12.5. The van der Waals surface area contributed by atoms with Crippen molar-refractivity contribution in [3.8, 4) is 11.4 Å². The molecule has 0 spiro atoms. The monoisotopic (exact) mass is 505 g/mol. The summed E-state index contributed by atoms with van der Waals surface area (Å²) in [7, 11) is 0. The molecule has 1 N–H and O–H groups in total. The van der Waals surface area contributed by atoms with Crippen LogP contribution < -0.4 is 5.32 Å². The molecule has 1 aliphatic carbocycles. The molecule has 33 heavy (non-hydrogen) atoms. The van der Waals surface area contributed by atoms with E-state index >= 15 is 0 Å². The summed E-state index contributed by atoms with van der Waals surface area (Å²) in [5.74, 6) is 1.28. The fourth-order valence-corrected chi connectivity index (χ4v) is 6.20. The van der Waals surface area contributed by atoms with E-state index in [1.807, 2.05) is 0 Å². The van der Waals surface area contributed by atoms with Crippen LogP contribution in [0, 0.1) is 16.0 Å². The van der Waals surface area contributed by atoms with E-state index in [0.29, 0.717) is 11.1 Å². The lowest BCUT2D eigenvalue weighted by Crippen LogP contribution is -2.15. The first kappa shape index (κ1) is 23.7. The standard InChI is InChI=1S/C22H24ClN5O3S2/c1-12(2)27-21(16-10-32-19-8-13(3)4-6-15(16)19)25-26-22(27)33-11-20(29)24-18-9-14(28(30)31)5-7-17(18)23/h5,7,9-10,12-13H,4,6,8,11H2,1-3H3,(H,24,29). The molecule has 3 aromatic rings. The largest absolute Gasteiger partial charge is 0.324 e. The third kappa shape index (κ3) is 5.07. The average Bonchev–Trinajstić information content (AvgIpc) is 3.37. The topological polar surface area (TPSA) is 103 Å². The Morgan fingerprint density at radius 3 is 2.94 bits per heavy atom. The first-order valence-corrected chi connectivity index (χ1v) is 12.9. The Balaban J connectivity index is 1.51. The van der Waals surface area contributed by atoms with Crippen molar-refractivity contribution in [2.24, 2.45) is 5.92 Å². The molecule has 1 aliphatic rings. The number of nitro groups is 1. The van der Waals surface area contributed by atoms with Crippen molar-refractivity contribution >= 4 is 52.0 Å². The minimum atomic E-state index is -0.531. The third-order valence-electron chi connectivity index (χ3n) is 5.59. The van der Waals surface area contributed by atoms with Gasteiger partial charge in [0.25, 0.3) is 5.69 Å². The summed E-state index contributed by atoms with van der Waals surface area (Å²) in [5.41, 5.74) is 2.59. The molecule has 0 bridgehead atoms. The van der Waals surface area contributed by atoms with Gasteiger partial charge in [0.2, 0.25) is 5.91 Å². The van der Waals surface area contributed by atoms with E-state index in [1.54, 1.807) is 11.3 Å². The molecule has 0 fully saturated rings. The minimum Gasteiger partial charge on any atom is -0.324 e. The van der Waals surface area contributed by atoms with Gasteiger partial charge in [0, 0.05) is 34.0 Å². The number of nitrogens with one attached hydrogen (secondary N) is 1. The molecule has 0 aliphatic heterocycles. The Morgan fingerprint density at radius 2 is 2.21 bits per heavy atom. The summed E-state index contributed by atoms with van der Waals surface area (Å²) in [6.45, 7) is 6.43. The second-order valence-electron chi connectivity index (χ2n) is 8.43. The van der Waals surface area contributed by atoms with Crippen LogP contribution in [0.3, 0.4) is 0 Å². The number of carbonyl (C=O) groups is 1. The van der Waals surface area contributed by atoms with Crippen LogP contribution in [0.25, 0.3) is 11.4 Å². The van der Waals surface area contributed by atoms with Crippen LogP contribution >= 0.6 is 34.7 Å². The van der Waals surface area contributed by atoms with Gasteiger partial charge in [-0.1, -0.05) is 30.3 Å². The molecule has 2 aromatic heterocycles. The molecular weight excluding hydrogens is 482 g/mol. The van der Waals surface area contributed by atoms with Crippen LogP contribution in [0.2, 0.25) is 5.02 Å². The summed E-state index contributed by atoms with van der Waals surface area (Å²) in [5, 5.41) is 25.6. The number of anilines is 1. The lowest BCUT2D eigenvalue weighted by atomic mass is 9.88. The maximum atomic E-state index is 12.5. The molecule has 11 heteroatoms. The van der Waals surface area contributed by atoms with Crippen LogP contribution in [-0.2, 0) is 17.6 Å². The van der Waals surface area contributed by atoms with E-state index in [-0.39, 0.29) is 34.1 Å². The van der Waals surface area contributed by atoms with Gasteiger partial charge in [-0.25, -0.2) is 0 Å². The van der Waals surface area contributed by atoms with Crippen molar-refractivity contribution in [3.05, 3.63) is 49.2 Å². The number of benzene rings is 1. The summed E-state index contributed by atoms with van der Waals surface area (Å²) in [6, 6.07) is 4.06.